The predicted octanol–water partition coefficient (Wildman–Crippen LogP) is 40.3. The molecule has 0 saturated heterocycles. The lowest BCUT2D eigenvalue weighted by molar-refractivity contribution is 0.647. The Bertz CT molecular complexity index is 9830. The van der Waals surface area contributed by atoms with E-state index in [0.29, 0.717) is 0 Å². The van der Waals surface area contributed by atoms with Gasteiger partial charge in [-0.2, -0.15) is 0 Å². The Morgan fingerprint density at radius 3 is 0.777 bits per heavy atom. The van der Waals surface area contributed by atoms with E-state index in [1.54, 1.807) is 0 Å². The van der Waals surface area contributed by atoms with Crippen molar-refractivity contribution >= 4 is 75.4 Å². The zero-order chi connectivity index (χ0) is 99.9. The van der Waals surface area contributed by atoms with Crippen molar-refractivity contribution in [1.82, 2.24) is 0 Å². The Morgan fingerprint density at radius 2 is 0.345 bits per heavy atom. The second kappa shape index (κ2) is 32.8. The molecule has 704 valence electrons. The molecule has 0 heteroatoms. The minimum Gasteiger partial charge on any atom is -0.0622 e. The van der Waals surface area contributed by atoms with Crippen LogP contribution in [0.5, 0.6) is 0 Å². The van der Waals surface area contributed by atoms with Crippen molar-refractivity contribution in [1.29, 1.82) is 0 Å². The molecule has 0 heterocycles. The van der Waals surface area contributed by atoms with Crippen molar-refractivity contribution in [2.45, 2.75) is 116 Å². The van der Waals surface area contributed by atoms with E-state index < -0.39 is 0 Å². The van der Waals surface area contributed by atoms with Gasteiger partial charge in [0.25, 0.3) is 0 Å². The van der Waals surface area contributed by atoms with E-state index in [2.05, 4.69) is 544 Å². The van der Waals surface area contributed by atoms with E-state index in [0.717, 1.165) is 0 Å². The van der Waals surface area contributed by atoms with Crippen LogP contribution in [0.25, 0.3) is 231 Å². The summed E-state index contributed by atoms with van der Waals surface area (Å²) in [5.41, 5.74) is 53.9. The second-order valence-corrected chi connectivity index (χ2v) is 45.7. The van der Waals surface area contributed by atoms with Crippen molar-refractivity contribution in [3.05, 3.63) is 528 Å². The molecule has 0 aromatic heterocycles. The summed E-state index contributed by atoms with van der Waals surface area (Å²) >= 11 is 0. The van der Waals surface area contributed by atoms with Gasteiger partial charge in [-0.15, -0.1) is 0 Å². The Hall–Kier alpha value is -16.9. The van der Waals surface area contributed by atoms with E-state index in [4.69, 9.17) is 0 Å². The number of rotatable bonds is 8. The van der Waals surface area contributed by atoms with Crippen LogP contribution in [0.2, 0.25) is 0 Å². The fourth-order valence-electron chi connectivity index (χ4n) is 27.3. The number of hydrogen-bond acceptors (Lipinski definition) is 0. The van der Waals surface area contributed by atoms with Gasteiger partial charge >= 0.3 is 0 Å². The summed E-state index contributed by atoms with van der Waals surface area (Å²) in [4.78, 5) is 0. The largest absolute Gasteiger partial charge is 0.0622 e. The van der Waals surface area contributed by atoms with Crippen LogP contribution in [-0.2, 0) is 32.5 Å². The molecule has 0 bridgehead atoms. The van der Waals surface area contributed by atoms with Crippen molar-refractivity contribution in [2.24, 2.45) is 0 Å². The molecule has 0 fully saturated rings. The van der Waals surface area contributed by atoms with Gasteiger partial charge < -0.3 is 0 Å². The van der Waals surface area contributed by atoms with E-state index >= 15 is 0 Å². The molecule has 24 aromatic rings. The first-order valence-corrected chi connectivity index (χ1v) is 52.9. The Labute approximate surface area is 868 Å². The molecule has 148 heavy (non-hydrogen) atoms. The minimum absolute atomic E-state index is 0.00700. The fourth-order valence-corrected chi connectivity index (χ4v) is 27.3. The molecule has 0 amide bonds. The monoisotopic (exact) mass is 1890 g/mol. The molecule has 30 rings (SSSR count). The normalized spacial score (nSPS) is 14.8. The van der Waals surface area contributed by atoms with Crippen LogP contribution in [0.4, 0.5) is 0 Å². The fraction of sp³-hybridized carbons (Fsp3) is 0.122. The average molecular weight is 1890 g/mol. The quantitative estimate of drug-likeness (QED) is 0.142. The van der Waals surface area contributed by atoms with Gasteiger partial charge in [0.2, 0.25) is 0 Å². The van der Waals surface area contributed by atoms with Gasteiger partial charge in [-0.1, -0.05) is 453 Å². The zero-order valence-electron chi connectivity index (χ0n) is 85.9. The average Bonchev–Trinajstić information content (AvgIpc) is 1.54. The first kappa shape index (κ1) is 88.8. The summed E-state index contributed by atoms with van der Waals surface area (Å²) < 4.78 is 0. The lowest BCUT2D eigenvalue weighted by Gasteiger charge is -2.26. The lowest BCUT2D eigenvalue weighted by Crippen LogP contribution is -2.18. The second-order valence-electron chi connectivity index (χ2n) is 45.7. The maximum absolute atomic E-state index is 2.49. The van der Waals surface area contributed by atoms with E-state index in [1.165, 1.54) is 298 Å². The number of hydrogen-bond donors (Lipinski definition) is 0. The van der Waals surface area contributed by atoms with Gasteiger partial charge in [0, 0.05) is 32.5 Å². The van der Waals surface area contributed by atoms with Crippen LogP contribution in [0, 0.1) is 0 Å². The molecular formula is C148H112. The third kappa shape index (κ3) is 13.6. The maximum Gasteiger partial charge on any atom is 0.0165 e. The molecule has 24 aromatic carbocycles. The van der Waals surface area contributed by atoms with Gasteiger partial charge in [0.15, 0.2) is 0 Å². The summed E-state index contributed by atoms with van der Waals surface area (Å²) in [5, 5.41) is 17.7. The predicted molar refractivity (Wildman–Crippen MR) is 631 cm³/mol. The molecule has 0 radical (unpaired) electrons. The smallest absolute Gasteiger partial charge is 0.0165 e. The van der Waals surface area contributed by atoms with Gasteiger partial charge in [-0.3, -0.25) is 0 Å². The first-order valence-electron chi connectivity index (χ1n) is 52.9. The molecule has 0 saturated carbocycles. The Kier molecular flexibility index (Phi) is 19.7. The highest BCUT2D eigenvalue weighted by Crippen LogP contribution is 2.64. The van der Waals surface area contributed by atoms with Crippen LogP contribution < -0.4 is 0 Å². The highest BCUT2D eigenvalue weighted by Gasteiger charge is 2.48. The standard InChI is InChI=1S/C54H40.C50H38.C44H34/c1-53(2)48-16-10-9-15-46(48)51-49(53)26-25-45-44-24-23-39(32-50(44)54(3,4)52(45)51)42-30-40-13-7-8-14-43(40)47(31-42)41-22-21-37-28-36(19-20-38(37)29-41)35-18-17-33-11-5-6-12-34(33)27-35;1-49(2)43-17-11-10-16-40(43)47-44(49)24-25-45-48(47)41-23-22-36(30-46(41)50(45,3)4)42-29-38(28-35-14-8-9-15-39(35)42)34-21-19-32-18-20-33(26-37(32)27-34)31-12-6-5-7-13-31;1-43(2)37-12-8-7-11-35(37)41-38(43)21-22-39-42(41)36-20-19-34(26-40(36)44(39,3)4)33-18-17-31-24-30(15-16-32(31)25-33)29-14-13-27-9-5-6-10-28(27)23-29/h5-32H,1-4H3;5-30H,1-4H3;5-26H,1-4H3. The van der Waals surface area contributed by atoms with Crippen LogP contribution in [0.3, 0.4) is 0 Å². The minimum atomic E-state index is -0.136. The van der Waals surface area contributed by atoms with Crippen molar-refractivity contribution in [3.63, 3.8) is 0 Å². The van der Waals surface area contributed by atoms with Crippen LogP contribution >= 0.6 is 0 Å². The highest BCUT2D eigenvalue weighted by molar-refractivity contribution is 6.09. The zero-order valence-corrected chi connectivity index (χ0v) is 85.9. The highest BCUT2D eigenvalue weighted by atomic mass is 14.5. The van der Waals surface area contributed by atoms with Crippen LogP contribution in [0.1, 0.15) is 150 Å². The Balaban J connectivity index is 0.000000108. The van der Waals surface area contributed by atoms with Gasteiger partial charge in [0.1, 0.15) is 0 Å². The van der Waals surface area contributed by atoms with Crippen LogP contribution in [0.15, 0.2) is 461 Å². The van der Waals surface area contributed by atoms with Crippen LogP contribution in [-0.4, -0.2) is 0 Å². The van der Waals surface area contributed by atoms with Gasteiger partial charge in [0.05, 0.1) is 0 Å². The van der Waals surface area contributed by atoms with Gasteiger partial charge in [-0.05, 0) is 389 Å². The van der Waals surface area contributed by atoms with E-state index in [9.17, 15) is 0 Å². The first-order chi connectivity index (χ1) is 71.8. The summed E-state index contributed by atoms with van der Waals surface area (Å²) in [6, 6.07) is 173. The summed E-state index contributed by atoms with van der Waals surface area (Å²) in [5.74, 6) is 0. The topological polar surface area (TPSA) is 0 Å². The number of benzene rings is 24. The molecule has 6 aliphatic carbocycles. The van der Waals surface area contributed by atoms with Crippen molar-refractivity contribution < 1.29 is 0 Å². The molecule has 0 atom stereocenters. The molecular weight excluding hydrogens is 1780 g/mol. The summed E-state index contributed by atoms with van der Waals surface area (Å²) in [6.45, 7) is 28.7. The van der Waals surface area contributed by atoms with E-state index in [-0.39, 0.29) is 32.5 Å². The molecule has 0 N–H and O–H groups in total. The van der Waals surface area contributed by atoms with Crippen molar-refractivity contribution in [3.8, 4) is 156 Å². The SMILES string of the molecule is CC1(C)c2ccccc2-c2c1ccc1c2-c2ccc(-c3cc(-c4ccc5ccc(-c6ccccc6)cc5c4)cc4ccccc34)cc2C1(C)C.CC1(C)c2ccccc2-c2c1ccc1c2-c2ccc(-c3ccc4cc(-c5ccc6ccccc6c5)ccc4c3)cc2C1(C)C.CC1(C)c2ccccc2-c2c1ccc1c2C(C)(C)c2cc(-c3cc(-c4ccc5cc(-c6ccc7ccccc7c6)ccc5c4)c4ccccc4c3)ccc2-1. The lowest BCUT2D eigenvalue weighted by atomic mass is 9.77. The number of fused-ring (bicyclic) bond motifs is 28. The third-order valence-electron chi connectivity index (χ3n) is 35.3. The molecule has 0 unspecified atom stereocenters. The maximum atomic E-state index is 2.49. The Morgan fingerprint density at radius 1 is 0.108 bits per heavy atom. The third-order valence-corrected chi connectivity index (χ3v) is 35.3. The molecule has 0 nitrogen and oxygen atoms in total. The summed E-state index contributed by atoms with van der Waals surface area (Å²) in [6.07, 6.45) is 0. The van der Waals surface area contributed by atoms with Gasteiger partial charge in [-0.25, -0.2) is 0 Å². The summed E-state index contributed by atoms with van der Waals surface area (Å²) in [7, 11) is 0. The van der Waals surface area contributed by atoms with E-state index in [1.807, 2.05) is 0 Å². The van der Waals surface area contributed by atoms with Crippen molar-refractivity contribution in [2.75, 3.05) is 0 Å². The molecule has 6 aliphatic rings. The molecule has 0 spiro atoms. The molecule has 0 aliphatic heterocycles.